The maximum absolute atomic E-state index is 12.6. The summed E-state index contributed by atoms with van der Waals surface area (Å²) in [6.45, 7) is 2.06. The van der Waals surface area contributed by atoms with Gasteiger partial charge in [-0.3, -0.25) is 9.59 Å². The van der Waals surface area contributed by atoms with Gasteiger partial charge in [0, 0.05) is 18.8 Å². The van der Waals surface area contributed by atoms with Crippen molar-refractivity contribution in [1.82, 2.24) is 15.2 Å². The van der Waals surface area contributed by atoms with Crippen molar-refractivity contribution in [1.29, 1.82) is 0 Å². The Morgan fingerprint density at radius 1 is 1.29 bits per heavy atom. The molecule has 2 N–H and O–H groups in total. The van der Waals surface area contributed by atoms with Gasteiger partial charge in [-0.15, -0.1) is 11.3 Å². The third-order valence-electron chi connectivity index (χ3n) is 3.75. The lowest BCUT2D eigenvalue weighted by Gasteiger charge is -2.16. The van der Waals surface area contributed by atoms with Gasteiger partial charge in [-0.1, -0.05) is 17.7 Å². The van der Waals surface area contributed by atoms with Crippen molar-refractivity contribution in [2.45, 2.75) is 25.8 Å². The van der Waals surface area contributed by atoms with E-state index in [2.05, 4.69) is 15.6 Å². The third kappa shape index (κ3) is 4.11. The number of amides is 2. The van der Waals surface area contributed by atoms with E-state index in [1.54, 1.807) is 12.6 Å². The van der Waals surface area contributed by atoms with Crippen molar-refractivity contribution in [3.8, 4) is 0 Å². The molecule has 7 heteroatoms. The van der Waals surface area contributed by atoms with Crippen LogP contribution in [0.1, 0.15) is 28.9 Å². The molecule has 6 nitrogen and oxygen atoms in total. The molecule has 1 fully saturated rings. The van der Waals surface area contributed by atoms with Crippen molar-refractivity contribution in [2.75, 3.05) is 18.9 Å². The molecule has 0 radical (unpaired) electrons. The van der Waals surface area contributed by atoms with E-state index in [1.165, 1.54) is 21.8 Å². The second kappa shape index (κ2) is 7.00. The van der Waals surface area contributed by atoms with E-state index in [1.807, 2.05) is 31.2 Å². The first-order valence-electron chi connectivity index (χ1n) is 7.85. The number of benzene rings is 1. The zero-order chi connectivity index (χ0) is 17.1. The molecule has 0 spiro atoms. The highest BCUT2D eigenvalue weighted by molar-refractivity contribution is 7.14. The molecule has 0 bridgehead atoms. The minimum atomic E-state index is -0.267. The number of anilines is 2. The maximum atomic E-state index is 12.6. The van der Waals surface area contributed by atoms with E-state index in [9.17, 15) is 9.59 Å². The predicted molar refractivity (Wildman–Crippen MR) is 94.7 cm³/mol. The second-order valence-electron chi connectivity index (χ2n) is 6.02. The standard InChI is InChI=1S/C17H20N4O2S/c1-11-3-5-13(6-4-11)20-16-15(18-10-24-16)17(23)21(2)9-14(22)19-12-7-8-12/h3-6,10,12,20H,7-9H2,1-2H3,(H,19,22). The SMILES string of the molecule is Cc1ccc(Nc2scnc2C(=O)N(C)CC(=O)NC2CC2)cc1. The molecule has 1 aromatic heterocycles. The highest BCUT2D eigenvalue weighted by Gasteiger charge is 2.25. The van der Waals surface area contributed by atoms with E-state index >= 15 is 0 Å². The molecule has 2 aromatic rings. The first-order valence-corrected chi connectivity index (χ1v) is 8.73. The minimum absolute atomic E-state index is 0.0385. The van der Waals surface area contributed by atoms with Gasteiger partial charge in [0.25, 0.3) is 5.91 Å². The molecule has 0 atom stereocenters. The van der Waals surface area contributed by atoms with Crippen LogP contribution < -0.4 is 10.6 Å². The first-order chi connectivity index (χ1) is 11.5. The van der Waals surface area contributed by atoms with Gasteiger partial charge in [-0.05, 0) is 31.9 Å². The summed E-state index contributed by atoms with van der Waals surface area (Å²) in [5.41, 5.74) is 4.03. The second-order valence-corrected chi connectivity index (χ2v) is 6.88. The Labute approximate surface area is 144 Å². The molecule has 0 saturated heterocycles. The Morgan fingerprint density at radius 3 is 2.67 bits per heavy atom. The Balaban J connectivity index is 1.65. The number of hydrogen-bond acceptors (Lipinski definition) is 5. The van der Waals surface area contributed by atoms with E-state index in [0.717, 1.165) is 18.5 Å². The lowest BCUT2D eigenvalue weighted by molar-refractivity contribution is -0.121. The summed E-state index contributed by atoms with van der Waals surface area (Å²) < 4.78 is 0. The first kappa shape index (κ1) is 16.4. The summed E-state index contributed by atoms with van der Waals surface area (Å²) in [6.07, 6.45) is 2.06. The molecule has 0 aliphatic heterocycles. The van der Waals surface area contributed by atoms with E-state index < -0.39 is 0 Å². The molecule has 1 aliphatic rings. The number of rotatable bonds is 6. The van der Waals surface area contributed by atoms with Gasteiger partial charge in [0.05, 0.1) is 12.1 Å². The van der Waals surface area contributed by atoms with E-state index in [4.69, 9.17) is 0 Å². The number of carbonyl (C=O) groups is 2. The van der Waals surface area contributed by atoms with Crippen LogP contribution in [0.5, 0.6) is 0 Å². The Kier molecular flexibility index (Phi) is 4.80. The van der Waals surface area contributed by atoms with Crippen LogP contribution in [0.25, 0.3) is 0 Å². The summed E-state index contributed by atoms with van der Waals surface area (Å²) in [5, 5.41) is 6.78. The lowest BCUT2D eigenvalue weighted by Crippen LogP contribution is -2.39. The molecule has 0 unspecified atom stereocenters. The number of nitrogens with one attached hydrogen (secondary N) is 2. The Morgan fingerprint density at radius 2 is 2.00 bits per heavy atom. The topological polar surface area (TPSA) is 74.3 Å². The van der Waals surface area contributed by atoms with Crippen LogP contribution in [0.15, 0.2) is 29.8 Å². The molecule has 1 aliphatic carbocycles. The summed E-state index contributed by atoms with van der Waals surface area (Å²) >= 11 is 1.36. The highest BCUT2D eigenvalue weighted by Crippen LogP contribution is 2.26. The monoisotopic (exact) mass is 344 g/mol. The Hall–Kier alpha value is -2.41. The number of hydrogen-bond donors (Lipinski definition) is 2. The van der Waals surface area contributed by atoms with Gasteiger partial charge in [0.1, 0.15) is 5.00 Å². The maximum Gasteiger partial charge on any atom is 0.275 e. The van der Waals surface area contributed by atoms with Gasteiger partial charge >= 0.3 is 0 Å². The van der Waals surface area contributed by atoms with Crippen LogP contribution in [-0.4, -0.2) is 41.3 Å². The number of aromatic nitrogens is 1. The van der Waals surface area contributed by atoms with Gasteiger partial charge in [0.15, 0.2) is 5.69 Å². The summed E-state index contributed by atoms with van der Waals surface area (Å²) in [4.78, 5) is 30.0. The molecule has 1 aromatic carbocycles. The van der Waals surface area contributed by atoms with Crippen LogP contribution in [0, 0.1) is 6.92 Å². The zero-order valence-electron chi connectivity index (χ0n) is 13.7. The average Bonchev–Trinajstić information content (AvgIpc) is 3.24. The van der Waals surface area contributed by atoms with E-state index in [0.29, 0.717) is 16.7 Å². The summed E-state index contributed by atoms with van der Waals surface area (Å²) in [7, 11) is 1.61. The Bertz CT molecular complexity index is 737. The van der Waals surface area contributed by atoms with Crippen LogP contribution in [0.4, 0.5) is 10.7 Å². The minimum Gasteiger partial charge on any atom is -0.352 e. The molecule has 24 heavy (non-hydrogen) atoms. The quantitative estimate of drug-likeness (QED) is 0.844. The van der Waals surface area contributed by atoms with Gasteiger partial charge in [-0.25, -0.2) is 4.98 Å². The predicted octanol–water partition coefficient (Wildman–Crippen LogP) is 2.55. The van der Waals surface area contributed by atoms with Crippen LogP contribution >= 0.6 is 11.3 Å². The highest BCUT2D eigenvalue weighted by atomic mass is 32.1. The zero-order valence-corrected chi connectivity index (χ0v) is 14.5. The number of thiazole rings is 1. The van der Waals surface area contributed by atoms with Gasteiger partial charge < -0.3 is 15.5 Å². The normalized spacial score (nSPS) is 13.4. The number of nitrogens with zero attached hydrogens (tertiary/aromatic N) is 2. The molecule has 2 amide bonds. The van der Waals surface area contributed by atoms with Crippen LogP contribution in [0.3, 0.4) is 0 Å². The molecule has 126 valence electrons. The van der Waals surface area contributed by atoms with Crippen molar-refractivity contribution >= 4 is 33.8 Å². The fourth-order valence-corrected chi connectivity index (χ4v) is 2.92. The average molecular weight is 344 g/mol. The fraction of sp³-hybridized carbons (Fsp3) is 0.353. The summed E-state index contributed by atoms with van der Waals surface area (Å²) in [6, 6.07) is 8.20. The lowest BCUT2D eigenvalue weighted by atomic mass is 10.2. The third-order valence-corrected chi connectivity index (χ3v) is 4.49. The van der Waals surface area contributed by atoms with Crippen molar-refractivity contribution in [3.05, 3.63) is 41.0 Å². The molecule has 1 heterocycles. The van der Waals surface area contributed by atoms with Gasteiger partial charge in [-0.2, -0.15) is 0 Å². The number of likely N-dealkylation sites (N-methyl/N-ethyl adjacent to an activating group) is 1. The number of carbonyl (C=O) groups excluding carboxylic acids is 2. The van der Waals surface area contributed by atoms with Gasteiger partial charge in [0.2, 0.25) is 5.91 Å². The van der Waals surface area contributed by atoms with E-state index in [-0.39, 0.29) is 18.4 Å². The smallest absolute Gasteiger partial charge is 0.275 e. The summed E-state index contributed by atoms with van der Waals surface area (Å²) in [5.74, 6) is -0.395. The largest absolute Gasteiger partial charge is 0.352 e. The van der Waals surface area contributed by atoms with Crippen molar-refractivity contribution in [3.63, 3.8) is 0 Å². The molecular formula is C17H20N4O2S. The van der Waals surface area contributed by atoms with Crippen LogP contribution in [-0.2, 0) is 4.79 Å². The van der Waals surface area contributed by atoms with Crippen molar-refractivity contribution in [2.24, 2.45) is 0 Å². The number of aryl methyl sites for hydroxylation is 1. The van der Waals surface area contributed by atoms with Crippen molar-refractivity contribution < 1.29 is 9.59 Å². The fourth-order valence-electron chi connectivity index (χ4n) is 2.22. The molecule has 3 rings (SSSR count). The molecular weight excluding hydrogens is 324 g/mol. The van der Waals surface area contributed by atoms with Crippen LogP contribution in [0.2, 0.25) is 0 Å². The molecule has 1 saturated carbocycles.